The number of nitrogens with zero attached hydrogens (tertiary/aromatic N) is 3. The monoisotopic (exact) mass is 462 g/mol. The summed E-state index contributed by atoms with van der Waals surface area (Å²) in [6, 6.07) is 7.14. The Labute approximate surface area is 200 Å². The van der Waals surface area contributed by atoms with Gasteiger partial charge >= 0.3 is 5.97 Å². The zero-order chi connectivity index (χ0) is 24.5. The highest BCUT2D eigenvalue weighted by atomic mass is 16.5. The van der Waals surface area contributed by atoms with Gasteiger partial charge in [0.05, 0.1) is 23.9 Å². The molecule has 0 radical (unpaired) electrons. The van der Waals surface area contributed by atoms with E-state index in [2.05, 4.69) is 21.2 Å². The summed E-state index contributed by atoms with van der Waals surface area (Å²) in [4.78, 5) is 47.6. The first-order valence-electron chi connectivity index (χ1n) is 11.4. The topological polar surface area (TPSA) is 101 Å². The van der Waals surface area contributed by atoms with Crippen molar-refractivity contribution in [2.75, 3.05) is 26.7 Å². The maximum atomic E-state index is 13.0. The molecule has 1 aliphatic heterocycles. The van der Waals surface area contributed by atoms with E-state index < -0.39 is 5.97 Å². The second kappa shape index (κ2) is 11.9. The zero-order valence-corrected chi connectivity index (χ0v) is 19.7. The average Bonchev–Trinajstić information content (AvgIpc) is 2.86. The van der Waals surface area contributed by atoms with Crippen molar-refractivity contribution in [3.63, 3.8) is 0 Å². The maximum absolute atomic E-state index is 13.0. The van der Waals surface area contributed by atoms with Crippen molar-refractivity contribution in [3.05, 3.63) is 58.7 Å². The molecule has 0 atom stereocenters. The molecule has 1 fully saturated rings. The van der Waals surface area contributed by atoms with Gasteiger partial charge in [-0.05, 0) is 43.9 Å². The van der Waals surface area contributed by atoms with E-state index in [0.717, 1.165) is 24.1 Å². The van der Waals surface area contributed by atoms with Gasteiger partial charge in [-0.3, -0.25) is 9.59 Å². The number of nitrogens with one attached hydrogen (secondary N) is 1. The van der Waals surface area contributed by atoms with Crippen LogP contribution in [0.4, 0.5) is 0 Å². The van der Waals surface area contributed by atoms with Crippen molar-refractivity contribution >= 4 is 17.8 Å². The summed E-state index contributed by atoms with van der Waals surface area (Å²) in [6.45, 7) is 3.44. The van der Waals surface area contributed by atoms with Crippen LogP contribution in [0.25, 0.3) is 0 Å². The predicted octanol–water partition coefficient (Wildman–Crippen LogP) is 2.66. The SMILES string of the molecule is C#CCCC(=O)N1CCC(c2nc(C)ncc2C(=O)NCCc2cccc(C(=O)OC)c2)CC1. The Bertz CT molecular complexity index is 1080. The number of terminal acetylenes is 1. The Morgan fingerprint density at radius 2 is 2.03 bits per heavy atom. The smallest absolute Gasteiger partial charge is 0.337 e. The molecule has 0 saturated carbocycles. The molecule has 1 N–H and O–H groups in total. The Hall–Kier alpha value is -3.73. The van der Waals surface area contributed by atoms with E-state index in [1.807, 2.05) is 11.0 Å². The highest BCUT2D eigenvalue weighted by molar-refractivity contribution is 5.95. The van der Waals surface area contributed by atoms with E-state index in [0.29, 0.717) is 55.8 Å². The third kappa shape index (κ3) is 6.41. The molecule has 34 heavy (non-hydrogen) atoms. The number of benzene rings is 1. The van der Waals surface area contributed by atoms with Gasteiger partial charge < -0.3 is 15.0 Å². The normalized spacial score (nSPS) is 13.7. The number of carbonyl (C=O) groups excluding carboxylic acids is 3. The molecule has 1 saturated heterocycles. The van der Waals surface area contributed by atoms with Crippen LogP contribution in [0.15, 0.2) is 30.5 Å². The summed E-state index contributed by atoms with van der Waals surface area (Å²) in [7, 11) is 1.34. The molecule has 8 nitrogen and oxygen atoms in total. The number of aromatic nitrogens is 2. The molecule has 0 unspecified atom stereocenters. The number of rotatable bonds is 8. The Kier molecular flexibility index (Phi) is 8.74. The third-order valence-electron chi connectivity index (χ3n) is 5.95. The number of aryl methyl sites for hydroxylation is 1. The van der Waals surface area contributed by atoms with Gasteiger partial charge in [-0.2, -0.15) is 0 Å². The molecule has 3 rings (SSSR count). The first kappa shape index (κ1) is 24.9. The van der Waals surface area contributed by atoms with Crippen molar-refractivity contribution in [1.82, 2.24) is 20.2 Å². The van der Waals surface area contributed by atoms with Gasteiger partial charge in [-0.25, -0.2) is 14.8 Å². The van der Waals surface area contributed by atoms with E-state index in [1.165, 1.54) is 7.11 Å². The minimum Gasteiger partial charge on any atom is -0.465 e. The fourth-order valence-corrected chi connectivity index (χ4v) is 4.10. The van der Waals surface area contributed by atoms with Crippen LogP contribution < -0.4 is 5.32 Å². The summed E-state index contributed by atoms with van der Waals surface area (Å²) in [5.41, 5.74) is 2.59. The number of ether oxygens (including phenoxy) is 1. The van der Waals surface area contributed by atoms with Crippen LogP contribution in [0, 0.1) is 19.3 Å². The predicted molar refractivity (Wildman–Crippen MR) is 127 cm³/mol. The van der Waals surface area contributed by atoms with Crippen molar-refractivity contribution < 1.29 is 19.1 Å². The first-order chi connectivity index (χ1) is 16.4. The third-order valence-corrected chi connectivity index (χ3v) is 5.95. The molecule has 1 aliphatic rings. The van der Waals surface area contributed by atoms with Crippen LogP contribution >= 0.6 is 0 Å². The van der Waals surface area contributed by atoms with E-state index in [4.69, 9.17) is 11.2 Å². The molecule has 1 aromatic heterocycles. The van der Waals surface area contributed by atoms with Gasteiger partial charge in [-0.1, -0.05) is 12.1 Å². The number of hydrogen-bond donors (Lipinski definition) is 1. The number of carbonyl (C=O) groups is 3. The first-order valence-corrected chi connectivity index (χ1v) is 11.4. The molecular formula is C26H30N4O4. The van der Waals surface area contributed by atoms with Crippen molar-refractivity contribution in [3.8, 4) is 12.3 Å². The standard InChI is InChI=1S/C26H30N4O4/c1-4-5-9-23(31)30-14-11-20(12-15-30)24-22(17-28-18(2)29-24)25(32)27-13-10-19-7-6-8-21(16-19)26(33)34-3/h1,6-8,16-17,20H,5,9-15H2,2-3H3,(H,27,32). The molecule has 178 valence electrons. The Balaban J connectivity index is 1.61. The Morgan fingerprint density at radius 1 is 1.26 bits per heavy atom. The van der Waals surface area contributed by atoms with Gasteiger partial charge in [-0.15, -0.1) is 12.3 Å². The molecule has 0 bridgehead atoms. The van der Waals surface area contributed by atoms with Gasteiger partial charge in [0.2, 0.25) is 5.91 Å². The lowest BCUT2D eigenvalue weighted by molar-refractivity contribution is -0.132. The van der Waals surface area contributed by atoms with Crippen LogP contribution in [0.1, 0.15) is 69.4 Å². The Morgan fingerprint density at radius 3 is 2.74 bits per heavy atom. The van der Waals surface area contributed by atoms with Gasteiger partial charge in [0, 0.05) is 44.6 Å². The van der Waals surface area contributed by atoms with E-state index in [9.17, 15) is 14.4 Å². The van der Waals surface area contributed by atoms with Crippen LogP contribution in [0.5, 0.6) is 0 Å². The maximum Gasteiger partial charge on any atom is 0.337 e. The largest absolute Gasteiger partial charge is 0.465 e. The summed E-state index contributed by atoms with van der Waals surface area (Å²) >= 11 is 0. The second-order valence-corrected chi connectivity index (χ2v) is 8.27. The highest BCUT2D eigenvalue weighted by Gasteiger charge is 2.28. The lowest BCUT2D eigenvalue weighted by Gasteiger charge is -2.32. The second-order valence-electron chi connectivity index (χ2n) is 8.27. The number of esters is 1. The molecule has 1 aromatic carbocycles. The number of likely N-dealkylation sites (tertiary alicyclic amines) is 1. The fourth-order valence-electron chi connectivity index (χ4n) is 4.10. The van der Waals surface area contributed by atoms with Crippen LogP contribution in [-0.2, 0) is 16.0 Å². The molecule has 0 spiro atoms. The number of methoxy groups -OCH3 is 1. The van der Waals surface area contributed by atoms with Gasteiger partial charge in [0.1, 0.15) is 5.82 Å². The van der Waals surface area contributed by atoms with Crippen molar-refractivity contribution in [1.29, 1.82) is 0 Å². The summed E-state index contributed by atoms with van der Waals surface area (Å²) < 4.78 is 4.76. The summed E-state index contributed by atoms with van der Waals surface area (Å²) in [5.74, 6) is 2.65. The molecule has 2 heterocycles. The number of hydrogen-bond acceptors (Lipinski definition) is 6. The minimum absolute atomic E-state index is 0.0736. The minimum atomic E-state index is -0.392. The molecule has 2 aromatic rings. The number of piperidine rings is 1. The van der Waals surface area contributed by atoms with Gasteiger partial charge in [0.25, 0.3) is 5.91 Å². The van der Waals surface area contributed by atoms with E-state index in [1.54, 1.807) is 31.3 Å². The average molecular weight is 463 g/mol. The molecule has 2 amide bonds. The summed E-state index contributed by atoms with van der Waals surface area (Å²) in [5, 5.41) is 2.94. The van der Waals surface area contributed by atoms with Crippen molar-refractivity contribution in [2.45, 2.75) is 44.9 Å². The summed E-state index contributed by atoms with van der Waals surface area (Å²) in [6.07, 6.45) is 9.69. The highest BCUT2D eigenvalue weighted by Crippen LogP contribution is 2.29. The van der Waals surface area contributed by atoms with E-state index >= 15 is 0 Å². The lowest BCUT2D eigenvalue weighted by atomic mass is 9.90. The number of amides is 2. The van der Waals surface area contributed by atoms with Crippen LogP contribution in [0.2, 0.25) is 0 Å². The molecule has 0 aliphatic carbocycles. The molecular weight excluding hydrogens is 432 g/mol. The van der Waals surface area contributed by atoms with E-state index in [-0.39, 0.29) is 17.7 Å². The van der Waals surface area contributed by atoms with Crippen LogP contribution in [-0.4, -0.2) is 59.4 Å². The molecule has 8 heteroatoms. The zero-order valence-electron chi connectivity index (χ0n) is 19.7. The lowest BCUT2D eigenvalue weighted by Crippen LogP contribution is -2.38. The van der Waals surface area contributed by atoms with Crippen LogP contribution in [0.3, 0.4) is 0 Å². The van der Waals surface area contributed by atoms with Crippen molar-refractivity contribution in [2.24, 2.45) is 0 Å². The van der Waals surface area contributed by atoms with Gasteiger partial charge in [0.15, 0.2) is 0 Å². The quantitative estimate of drug-likeness (QED) is 0.478. The fraction of sp³-hybridized carbons (Fsp3) is 0.423.